The first kappa shape index (κ1) is 12.7. The fourth-order valence-corrected chi connectivity index (χ4v) is 2.12. The number of halogens is 1. The van der Waals surface area contributed by atoms with Crippen LogP contribution in [-0.4, -0.2) is 10.9 Å². The maximum absolute atomic E-state index is 12.1. The van der Waals surface area contributed by atoms with Crippen LogP contribution in [-0.2, 0) is 6.54 Å². The fraction of sp³-hybridized carbons (Fsp3) is 0.0667. The van der Waals surface area contributed by atoms with Crippen LogP contribution < -0.4 is 5.32 Å². The van der Waals surface area contributed by atoms with Gasteiger partial charge >= 0.3 is 0 Å². The monoisotopic (exact) mass is 286 g/mol. The van der Waals surface area contributed by atoms with E-state index >= 15 is 0 Å². The van der Waals surface area contributed by atoms with Gasteiger partial charge in [-0.2, -0.15) is 0 Å². The quantitative estimate of drug-likeness (QED) is 0.803. The molecule has 100 valence electrons. The van der Waals surface area contributed by atoms with Crippen molar-refractivity contribution in [3.8, 4) is 0 Å². The number of amides is 1. The van der Waals surface area contributed by atoms with E-state index in [2.05, 4.69) is 10.3 Å². The number of hydrogen-bond acceptors (Lipinski definition) is 3. The third-order valence-corrected chi connectivity index (χ3v) is 3.36. The maximum Gasteiger partial charge on any atom is 0.251 e. The highest BCUT2D eigenvalue weighted by atomic mass is 35.5. The smallest absolute Gasteiger partial charge is 0.251 e. The summed E-state index contributed by atoms with van der Waals surface area (Å²) in [5, 5.41) is 3.46. The van der Waals surface area contributed by atoms with Gasteiger partial charge in [-0.3, -0.25) is 4.79 Å². The van der Waals surface area contributed by atoms with Gasteiger partial charge in [0.1, 0.15) is 5.52 Å². The number of nitrogens with one attached hydrogen (secondary N) is 1. The summed E-state index contributed by atoms with van der Waals surface area (Å²) < 4.78 is 5.18. The number of carbonyl (C=O) groups is 1. The predicted molar refractivity (Wildman–Crippen MR) is 76.6 cm³/mol. The first-order valence-corrected chi connectivity index (χ1v) is 6.47. The summed E-state index contributed by atoms with van der Waals surface area (Å²) >= 11 is 6.04. The summed E-state index contributed by atoms with van der Waals surface area (Å²) in [5.74, 6) is -0.178. The van der Waals surface area contributed by atoms with Gasteiger partial charge in [-0.05, 0) is 29.8 Å². The molecule has 0 aliphatic rings. The Hall–Kier alpha value is -2.33. The van der Waals surface area contributed by atoms with Crippen LogP contribution in [0.25, 0.3) is 11.1 Å². The molecule has 0 saturated heterocycles. The minimum atomic E-state index is -0.178. The average Bonchev–Trinajstić information content (AvgIpc) is 2.93. The Morgan fingerprint density at radius 3 is 2.95 bits per heavy atom. The van der Waals surface area contributed by atoms with Crippen molar-refractivity contribution in [1.82, 2.24) is 10.3 Å². The van der Waals surface area contributed by atoms with Crippen molar-refractivity contribution >= 4 is 28.6 Å². The van der Waals surface area contributed by atoms with Crippen LogP contribution in [0.15, 0.2) is 53.3 Å². The third kappa shape index (κ3) is 2.51. The molecule has 1 aromatic heterocycles. The molecule has 3 aromatic rings. The summed E-state index contributed by atoms with van der Waals surface area (Å²) in [6, 6.07) is 12.5. The minimum absolute atomic E-state index is 0.178. The van der Waals surface area contributed by atoms with Crippen molar-refractivity contribution in [1.29, 1.82) is 0 Å². The van der Waals surface area contributed by atoms with Gasteiger partial charge in [0, 0.05) is 17.1 Å². The first-order chi connectivity index (χ1) is 9.74. The Balaban J connectivity index is 1.74. The zero-order valence-corrected chi connectivity index (χ0v) is 11.2. The lowest BCUT2D eigenvalue weighted by molar-refractivity contribution is 0.0951. The third-order valence-electron chi connectivity index (χ3n) is 2.99. The van der Waals surface area contributed by atoms with Crippen LogP contribution in [0.3, 0.4) is 0 Å². The summed E-state index contributed by atoms with van der Waals surface area (Å²) in [6.07, 6.45) is 1.36. The lowest BCUT2D eigenvalue weighted by Gasteiger charge is -2.06. The molecule has 0 fully saturated rings. The molecule has 5 heteroatoms. The highest BCUT2D eigenvalue weighted by Gasteiger charge is 2.08. The van der Waals surface area contributed by atoms with Crippen LogP contribution in [0.2, 0.25) is 5.02 Å². The number of rotatable bonds is 3. The Labute approximate surface area is 120 Å². The molecular weight excluding hydrogens is 276 g/mol. The lowest BCUT2D eigenvalue weighted by atomic mass is 10.2. The first-order valence-electron chi connectivity index (χ1n) is 6.09. The van der Waals surface area contributed by atoms with Crippen LogP contribution in [0, 0.1) is 0 Å². The van der Waals surface area contributed by atoms with Crippen LogP contribution in [0.1, 0.15) is 15.9 Å². The molecule has 20 heavy (non-hydrogen) atoms. The van der Waals surface area contributed by atoms with E-state index in [-0.39, 0.29) is 5.91 Å². The van der Waals surface area contributed by atoms with E-state index in [0.29, 0.717) is 22.7 Å². The van der Waals surface area contributed by atoms with Crippen molar-refractivity contribution in [3.63, 3.8) is 0 Å². The van der Waals surface area contributed by atoms with E-state index in [1.165, 1.54) is 6.39 Å². The SMILES string of the molecule is O=C(NCc1ccccc1Cl)c1ccc2ncoc2c1. The average molecular weight is 287 g/mol. The highest BCUT2D eigenvalue weighted by Crippen LogP contribution is 2.16. The molecular formula is C15H11ClN2O2. The number of oxazole rings is 1. The molecule has 0 unspecified atom stereocenters. The summed E-state index contributed by atoms with van der Waals surface area (Å²) in [7, 11) is 0. The zero-order valence-electron chi connectivity index (χ0n) is 10.5. The van der Waals surface area contributed by atoms with Crippen molar-refractivity contribution in [3.05, 3.63) is 65.0 Å². The Morgan fingerprint density at radius 2 is 2.10 bits per heavy atom. The van der Waals surface area contributed by atoms with E-state index < -0.39 is 0 Å². The van der Waals surface area contributed by atoms with E-state index in [1.54, 1.807) is 24.3 Å². The Bertz CT molecular complexity index is 767. The number of fused-ring (bicyclic) bond motifs is 1. The van der Waals surface area contributed by atoms with E-state index in [4.69, 9.17) is 16.0 Å². The molecule has 1 heterocycles. The van der Waals surface area contributed by atoms with Gasteiger partial charge in [0.15, 0.2) is 12.0 Å². The fourth-order valence-electron chi connectivity index (χ4n) is 1.92. The Morgan fingerprint density at radius 1 is 1.25 bits per heavy atom. The van der Waals surface area contributed by atoms with Crippen molar-refractivity contribution in [2.24, 2.45) is 0 Å². The van der Waals surface area contributed by atoms with Gasteiger partial charge in [-0.1, -0.05) is 29.8 Å². The molecule has 0 aliphatic heterocycles. The second-order valence-electron chi connectivity index (χ2n) is 4.31. The molecule has 3 rings (SSSR count). The number of benzene rings is 2. The molecule has 1 N–H and O–H groups in total. The van der Waals surface area contributed by atoms with Crippen molar-refractivity contribution in [2.75, 3.05) is 0 Å². The van der Waals surface area contributed by atoms with Crippen LogP contribution >= 0.6 is 11.6 Å². The molecule has 0 aliphatic carbocycles. The molecule has 0 radical (unpaired) electrons. The van der Waals surface area contributed by atoms with Crippen molar-refractivity contribution in [2.45, 2.75) is 6.54 Å². The minimum Gasteiger partial charge on any atom is -0.443 e. The summed E-state index contributed by atoms with van der Waals surface area (Å²) in [4.78, 5) is 16.1. The van der Waals surface area contributed by atoms with E-state index in [1.807, 2.05) is 18.2 Å². The number of carbonyl (C=O) groups excluding carboxylic acids is 1. The van der Waals surface area contributed by atoms with Gasteiger partial charge in [0.2, 0.25) is 0 Å². The normalized spacial score (nSPS) is 10.7. The van der Waals surface area contributed by atoms with Gasteiger partial charge < -0.3 is 9.73 Å². The molecule has 1 amide bonds. The van der Waals surface area contributed by atoms with Crippen LogP contribution in [0.5, 0.6) is 0 Å². The molecule has 4 nitrogen and oxygen atoms in total. The van der Waals surface area contributed by atoms with Gasteiger partial charge in [0.05, 0.1) is 0 Å². The summed E-state index contributed by atoms with van der Waals surface area (Å²) in [5.41, 5.74) is 2.73. The number of hydrogen-bond donors (Lipinski definition) is 1. The molecule has 0 atom stereocenters. The molecule has 2 aromatic carbocycles. The van der Waals surface area contributed by atoms with E-state index in [0.717, 1.165) is 11.1 Å². The van der Waals surface area contributed by atoms with Gasteiger partial charge in [-0.15, -0.1) is 0 Å². The second kappa shape index (κ2) is 5.35. The second-order valence-corrected chi connectivity index (χ2v) is 4.72. The standard InChI is InChI=1S/C15H11ClN2O2/c16-12-4-2-1-3-11(12)8-17-15(19)10-5-6-13-14(7-10)20-9-18-13/h1-7,9H,8H2,(H,17,19). The van der Waals surface area contributed by atoms with Gasteiger partial charge in [-0.25, -0.2) is 4.98 Å². The van der Waals surface area contributed by atoms with E-state index in [9.17, 15) is 4.79 Å². The summed E-state index contributed by atoms with van der Waals surface area (Å²) in [6.45, 7) is 0.382. The molecule has 0 spiro atoms. The topological polar surface area (TPSA) is 55.1 Å². The largest absolute Gasteiger partial charge is 0.443 e. The van der Waals surface area contributed by atoms with Gasteiger partial charge in [0.25, 0.3) is 5.91 Å². The zero-order chi connectivity index (χ0) is 13.9. The number of nitrogens with zero attached hydrogens (tertiary/aromatic N) is 1. The Kier molecular flexibility index (Phi) is 3.39. The van der Waals surface area contributed by atoms with Crippen LogP contribution in [0.4, 0.5) is 0 Å². The van der Waals surface area contributed by atoms with Crippen molar-refractivity contribution < 1.29 is 9.21 Å². The highest BCUT2D eigenvalue weighted by molar-refractivity contribution is 6.31. The lowest BCUT2D eigenvalue weighted by Crippen LogP contribution is -2.22. The maximum atomic E-state index is 12.1. The molecule has 0 bridgehead atoms. The predicted octanol–water partition coefficient (Wildman–Crippen LogP) is 3.41. The molecule has 0 saturated carbocycles. The number of aromatic nitrogens is 1.